The minimum atomic E-state index is -4.09. The smallest absolute Gasteiger partial charge is 0.304 e. The molecule has 1 aliphatic heterocycles. The molecule has 1 aromatic heterocycles. The zero-order valence-electron chi connectivity index (χ0n) is 15.5. The summed E-state index contributed by atoms with van der Waals surface area (Å²) in [6.45, 7) is 0.200. The largest absolute Gasteiger partial charge is 0.358 e. The molecule has 0 aliphatic carbocycles. The number of nitrogens with one attached hydrogen (secondary N) is 2. The van der Waals surface area contributed by atoms with E-state index < -0.39 is 40.1 Å². The van der Waals surface area contributed by atoms with Gasteiger partial charge in [-0.15, -0.1) is 0 Å². The molecule has 2 amide bonds. The van der Waals surface area contributed by atoms with Crippen molar-refractivity contribution in [1.82, 2.24) is 14.3 Å². The molecular formula is C18H20FN3O5S2. The van der Waals surface area contributed by atoms with Gasteiger partial charge in [0, 0.05) is 24.9 Å². The van der Waals surface area contributed by atoms with Crippen LogP contribution in [0, 0.1) is 5.82 Å². The summed E-state index contributed by atoms with van der Waals surface area (Å²) in [6, 6.07) is 6.56. The molecule has 1 aliphatic rings. The number of hydrogen-bond donors (Lipinski definition) is 2. The Morgan fingerprint density at radius 1 is 1.24 bits per heavy atom. The molecule has 2 unspecified atom stereocenters. The maximum absolute atomic E-state index is 13.8. The number of benzene rings is 1. The zero-order chi connectivity index (χ0) is 21.0. The van der Waals surface area contributed by atoms with E-state index in [2.05, 4.69) is 5.32 Å². The molecule has 2 aromatic rings. The van der Waals surface area contributed by atoms with Gasteiger partial charge >= 0.3 is 10.2 Å². The van der Waals surface area contributed by atoms with Crippen molar-refractivity contribution in [3.05, 3.63) is 58.0 Å². The van der Waals surface area contributed by atoms with Gasteiger partial charge < -0.3 is 10.1 Å². The summed E-state index contributed by atoms with van der Waals surface area (Å²) in [5.74, 6) is -2.02. The second-order valence-electron chi connectivity index (χ2n) is 6.46. The van der Waals surface area contributed by atoms with E-state index in [0.717, 1.165) is 4.31 Å². The first-order valence-corrected chi connectivity index (χ1v) is 11.2. The van der Waals surface area contributed by atoms with Crippen molar-refractivity contribution in [2.24, 2.45) is 0 Å². The van der Waals surface area contributed by atoms with Crippen LogP contribution in [0.15, 0.2) is 41.1 Å². The van der Waals surface area contributed by atoms with Crippen LogP contribution in [0.2, 0.25) is 0 Å². The number of halogens is 1. The number of amides is 2. The lowest BCUT2D eigenvalue weighted by atomic mass is 10.1. The van der Waals surface area contributed by atoms with Crippen LogP contribution in [-0.2, 0) is 14.9 Å². The van der Waals surface area contributed by atoms with Gasteiger partial charge in [0.1, 0.15) is 12.0 Å². The third kappa shape index (κ3) is 5.18. The first kappa shape index (κ1) is 21.4. The molecule has 11 heteroatoms. The van der Waals surface area contributed by atoms with Gasteiger partial charge in [-0.1, -0.05) is 12.1 Å². The highest BCUT2D eigenvalue weighted by Gasteiger charge is 2.33. The molecule has 29 heavy (non-hydrogen) atoms. The van der Waals surface area contributed by atoms with Crippen LogP contribution in [0.25, 0.3) is 0 Å². The van der Waals surface area contributed by atoms with Crippen LogP contribution in [0.3, 0.4) is 0 Å². The normalized spacial score (nSPS) is 19.7. The van der Waals surface area contributed by atoms with E-state index in [-0.39, 0.29) is 24.2 Å². The summed E-state index contributed by atoms with van der Waals surface area (Å²) in [6.07, 6.45) is -0.244. The number of hydrogen-bond acceptors (Lipinski definition) is 6. The van der Waals surface area contributed by atoms with E-state index in [9.17, 15) is 22.4 Å². The summed E-state index contributed by atoms with van der Waals surface area (Å²) in [4.78, 5) is 24.3. The summed E-state index contributed by atoms with van der Waals surface area (Å²) in [7, 11) is -2.73. The second kappa shape index (κ2) is 8.99. The predicted octanol–water partition coefficient (Wildman–Crippen LogP) is 1.73. The van der Waals surface area contributed by atoms with Gasteiger partial charge in [-0.3, -0.25) is 9.59 Å². The third-order valence-corrected chi connectivity index (χ3v) is 6.75. The maximum atomic E-state index is 13.8. The van der Waals surface area contributed by atoms with E-state index >= 15 is 0 Å². The number of ether oxygens (including phenoxy) is 1. The molecule has 1 aromatic carbocycles. The number of carbonyl (C=O) groups is 2. The summed E-state index contributed by atoms with van der Waals surface area (Å²) in [5, 5.41) is 5.79. The van der Waals surface area contributed by atoms with Crippen molar-refractivity contribution in [1.29, 1.82) is 0 Å². The van der Waals surface area contributed by atoms with E-state index in [1.54, 1.807) is 16.8 Å². The first-order valence-electron chi connectivity index (χ1n) is 8.77. The summed E-state index contributed by atoms with van der Waals surface area (Å²) >= 11 is 1.28. The van der Waals surface area contributed by atoms with Crippen molar-refractivity contribution in [2.75, 3.05) is 13.7 Å². The lowest BCUT2D eigenvalue weighted by molar-refractivity contribution is -0.0241. The first-order chi connectivity index (χ1) is 13.8. The molecule has 1 saturated heterocycles. The van der Waals surface area contributed by atoms with E-state index in [1.165, 1.54) is 42.6 Å². The Hall–Kier alpha value is -2.34. The van der Waals surface area contributed by atoms with Crippen molar-refractivity contribution < 1.29 is 27.1 Å². The molecular weight excluding hydrogens is 421 g/mol. The molecule has 2 atom stereocenters. The van der Waals surface area contributed by atoms with E-state index in [1.807, 2.05) is 4.72 Å². The quantitative estimate of drug-likeness (QED) is 0.710. The standard InChI is InChI=1S/C18H20FN3O5S2/c1-22(29(25,26)21-17(23)12-7-9-28-11-12)13-6-8-27-16(10-13)20-18(24)14-4-2-3-5-15(14)19/h2-5,7,9,11,13,16H,6,8,10H2,1H3,(H,20,24)(H,21,23). The van der Waals surface area contributed by atoms with Crippen LogP contribution in [0.4, 0.5) is 4.39 Å². The lowest BCUT2D eigenvalue weighted by Crippen LogP contribution is -2.52. The Morgan fingerprint density at radius 2 is 2.00 bits per heavy atom. The number of thiophene rings is 1. The van der Waals surface area contributed by atoms with Crippen LogP contribution in [-0.4, -0.2) is 50.5 Å². The Kier molecular flexibility index (Phi) is 6.63. The van der Waals surface area contributed by atoms with Gasteiger partial charge in [-0.05, 0) is 30.0 Å². The average molecular weight is 442 g/mol. The van der Waals surface area contributed by atoms with Gasteiger partial charge in [0.15, 0.2) is 0 Å². The van der Waals surface area contributed by atoms with Gasteiger partial charge in [-0.2, -0.15) is 24.1 Å². The fourth-order valence-electron chi connectivity index (χ4n) is 2.92. The fourth-order valence-corrected chi connectivity index (χ4v) is 4.63. The monoisotopic (exact) mass is 441 g/mol. The van der Waals surface area contributed by atoms with E-state index in [0.29, 0.717) is 6.42 Å². The molecule has 1 fully saturated rings. The topological polar surface area (TPSA) is 105 Å². The van der Waals surface area contributed by atoms with Crippen LogP contribution >= 0.6 is 11.3 Å². The molecule has 0 spiro atoms. The number of rotatable bonds is 6. The lowest BCUT2D eigenvalue weighted by Gasteiger charge is -2.34. The minimum absolute atomic E-state index is 0.123. The van der Waals surface area contributed by atoms with Gasteiger partial charge in [-0.25, -0.2) is 9.11 Å². The van der Waals surface area contributed by atoms with Gasteiger partial charge in [0.2, 0.25) is 0 Å². The molecule has 156 valence electrons. The summed E-state index contributed by atoms with van der Waals surface area (Å²) < 4.78 is 47.4. The fraction of sp³-hybridized carbons (Fsp3) is 0.333. The molecule has 0 saturated carbocycles. The highest BCUT2D eigenvalue weighted by atomic mass is 32.2. The predicted molar refractivity (Wildman–Crippen MR) is 105 cm³/mol. The summed E-state index contributed by atoms with van der Waals surface area (Å²) in [5.41, 5.74) is 0.135. The second-order valence-corrected chi connectivity index (χ2v) is 8.97. The van der Waals surface area contributed by atoms with Crippen molar-refractivity contribution >= 4 is 33.4 Å². The Labute approximate surface area is 171 Å². The van der Waals surface area contributed by atoms with Crippen LogP contribution in [0.1, 0.15) is 33.6 Å². The Bertz CT molecular complexity index is 981. The minimum Gasteiger partial charge on any atom is -0.358 e. The van der Waals surface area contributed by atoms with Crippen molar-refractivity contribution in [2.45, 2.75) is 25.1 Å². The SMILES string of the molecule is CN(C1CCOC(NC(=O)c2ccccc2F)C1)S(=O)(=O)NC(=O)c1ccsc1. The molecule has 0 radical (unpaired) electrons. The highest BCUT2D eigenvalue weighted by Crippen LogP contribution is 2.20. The Balaban J connectivity index is 1.62. The van der Waals surface area contributed by atoms with Gasteiger partial charge in [0.25, 0.3) is 11.8 Å². The average Bonchev–Trinajstić information content (AvgIpc) is 3.22. The van der Waals surface area contributed by atoms with Crippen LogP contribution < -0.4 is 10.0 Å². The van der Waals surface area contributed by atoms with Crippen molar-refractivity contribution in [3.8, 4) is 0 Å². The number of carbonyl (C=O) groups excluding carboxylic acids is 2. The van der Waals surface area contributed by atoms with Gasteiger partial charge in [0.05, 0.1) is 17.7 Å². The maximum Gasteiger partial charge on any atom is 0.304 e. The van der Waals surface area contributed by atoms with Crippen LogP contribution in [0.5, 0.6) is 0 Å². The molecule has 8 nitrogen and oxygen atoms in total. The molecule has 0 bridgehead atoms. The Morgan fingerprint density at radius 3 is 2.69 bits per heavy atom. The molecule has 2 N–H and O–H groups in total. The number of nitrogens with zero attached hydrogens (tertiary/aromatic N) is 1. The molecule has 2 heterocycles. The van der Waals surface area contributed by atoms with E-state index in [4.69, 9.17) is 4.74 Å². The zero-order valence-corrected chi connectivity index (χ0v) is 17.1. The third-order valence-electron chi connectivity index (χ3n) is 4.57. The van der Waals surface area contributed by atoms with Crippen molar-refractivity contribution in [3.63, 3.8) is 0 Å². The highest BCUT2D eigenvalue weighted by molar-refractivity contribution is 7.87. The molecule has 3 rings (SSSR count).